The minimum atomic E-state index is -0.471. The van der Waals surface area contributed by atoms with E-state index < -0.39 is 5.97 Å². The summed E-state index contributed by atoms with van der Waals surface area (Å²) in [5, 5.41) is 0.575. The van der Waals surface area contributed by atoms with Gasteiger partial charge >= 0.3 is 5.97 Å². The van der Waals surface area contributed by atoms with Crippen LogP contribution in [0, 0.1) is 0 Å². The average molecular weight is 330 g/mol. The molecule has 1 aromatic carbocycles. The number of ether oxygens (including phenoxy) is 1. The van der Waals surface area contributed by atoms with Gasteiger partial charge in [-0.2, -0.15) is 4.98 Å². The molecule has 0 spiro atoms. The SMILES string of the molecule is C/C=C(\C=C(\S)CC)C(=O)Oc1ccc2nc(N)nc(N)c2c1. The second-order valence-corrected chi connectivity index (χ2v) is 5.34. The van der Waals surface area contributed by atoms with Crippen LogP contribution in [0.5, 0.6) is 5.75 Å². The number of fused-ring (bicyclic) bond motifs is 1. The van der Waals surface area contributed by atoms with Crippen molar-refractivity contribution < 1.29 is 9.53 Å². The van der Waals surface area contributed by atoms with Gasteiger partial charge in [0.2, 0.25) is 5.95 Å². The van der Waals surface area contributed by atoms with Gasteiger partial charge in [0, 0.05) is 5.39 Å². The first-order valence-electron chi connectivity index (χ1n) is 7.05. The summed E-state index contributed by atoms with van der Waals surface area (Å²) in [6, 6.07) is 4.92. The van der Waals surface area contributed by atoms with Crippen LogP contribution < -0.4 is 16.2 Å². The van der Waals surface area contributed by atoms with Gasteiger partial charge in [0.05, 0.1) is 11.1 Å². The fourth-order valence-electron chi connectivity index (χ4n) is 1.92. The van der Waals surface area contributed by atoms with Gasteiger partial charge in [-0.15, -0.1) is 12.6 Å². The maximum atomic E-state index is 12.2. The predicted octanol–water partition coefficient (Wildman–Crippen LogP) is 2.87. The average Bonchev–Trinajstić information content (AvgIpc) is 2.52. The molecule has 4 N–H and O–H groups in total. The van der Waals surface area contributed by atoms with E-state index in [1.54, 1.807) is 37.3 Å². The van der Waals surface area contributed by atoms with Crippen molar-refractivity contribution >= 4 is 41.3 Å². The molecule has 0 radical (unpaired) electrons. The Hall–Kier alpha value is -2.54. The van der Waals surface area contributed by atoms with Crippen molar-refractivity contribution in [3.63, 3.8) is 0 Å². The Morgan fingerprint density at radius 3 is 2.74 bits per heavy atom. The zero-order chi connectivity index (χ0) is 17.0. The number of esters is 1. The van der Waals surface area contributed by atoms with Crippen molar-refractivity contribution in [1.29, 1.82) is 0 Å². The number of benzene rings is 1. The van der Waals surface area contributed by atoms with Crippen molar-refractivity contribution in [2.75, 3.05) is 11.5 Å². The number of nitrogens with zero attached hydrogens (tertiary/aromatic N) is 2. The van der Waals surface area contributed by atoms with E-state index >= 15 is 0 Å². The fraction of sp³-hybridized carbons (Fsp3) is 0.188. The van der Waals surface area contributed by atoms with Crippen LogP contribution in [-0.4, -0.2) is 15.9 Å². The third kappa shape index (κ3) is 4.01. The van der Waals surface area contributed by atoms with Gasteiger partial charge in [-0.1, -0.05) is 13.0 Å². The highest BCUT2D eigenvalue weighted by molar-refractivity contribution is 7.84. The lowest BCUT2D eigenvalue weighted by Gasteiger charge is -2.08. The van der Waals surface area contributed by atoms with Crippen molar-refractivity contribution in [3.8, 4) is 5.75 Å². The molecule has 0 bridgehead atoms. The number of rotatable bonds is 4. The summed E-state index contributed by atoms with van der Waals surface area (Å²) in [5.74, 6) is 0.219. The maximum Gasteiger partial charge on any atom is 0.343 e. The number of carbonyl (C=O) groups is 1. The van der Waals surface area contributed by atoms with Gasteiger partial charge in [-0.25, -0.2) is 9.78 Å². The van der Waals surface area contributed by atoms with E-state index in [9.17, 15) is 4.79 Å². The summed E-state index contributed by atoms with van der Waals surface area (Å²) >= 11 is 4.28. The van der Waals surface area contributed by atoms with Gasteiger partial charge in [0.15, 0.2) is 0 Å². The number of allylic oxidation sites excluding steroid dienone is 2. The summed E-state index contributed by atoms with van der Waals surface area (Å²) in [5.41, 5.74) is 12.4. The number of carbonyl (C=O) groups excluding carboxylic acids is 1. The standard InChI is InChI=1S/C16H18N4O2S/c1-3-9(7-11(23)4-2)15(21)22-10-5-6-13-12(8-10)14(17)20-16(18)19-13/h3,5-8,23H,4H2,1-2H3,(H4,17,18,19,20)/b9-3+,11-7+. The van der Waals surface area contributed by atoms with Crippen LogP contribution >= 0.6 is 12.6 Å². The number of nitrogens with two attached hydrogens (primary N) is 2. The molecule has 0 saturated heterocycles. The maximum absolute atomic E-state index is 12.2. The van der Waals surface area contributed by atoms with Gasteiger partial charge in [0.1, 0.15) is 11.6 Å². The summed E-state index contributed by atoms with van der Waals surface area (Å²) < 4.78 is 5.38. The number of thiol groups is 1. The van der Waals surface area contributed by atoms with Crippen molar-refractivity contribution in [2.24, 2.45) is 0 Å². The first kappa shape index (κ1) is 16.8. The quantitative estimate of drug-likeness (QED) is 0.262. The highest BCUT2D eigenvalue weighted by Gasteiger charge is 2.11. The van der Waals surface area contributed by atoms with Crippen LogP contribution in [-0.2, 0) is 4.79 Å². The van der Waals surface area contributed by atoms with E-state index in [4.69, 9.17) is 16.2 Å². The summed E-state index contributed by atoms with van der Waals surface area (Å²) in [7, 11) is 0. The fourth-order valence-corrected chi connectivity index (χ4v) is 2.06. The number of anilines is 2. The molecule has 0 fully saturated rings. The molecule has 2 rings (SSSR count). The Morgan fingerprint density at radius 1 is 1.35 bits per heavy atom. The molecule has 0 saturated carbocycles. The third-order valence-corrected chi connectivity index (χ3v) is 3.60. The Morgan fingerprint density at radius 2 is 2.09 bits per heavy atom. The monoisotopic (exact) mass is 330 g/mol. The Balaban J connectivity index is 2.30. The van der Waals surface area contributed by atoms with E-state index in [-0.39, 0.29) is 11.8 Å². The first-order valence-corrected chi connectivity index (χ1v) is 7.50. The molecule has 120 valence electrons. The lowest BCUT2D eigenvalue weighted by molar-refractivity contribution is -0.129. The van der Waals surface area contributed by atoms with Crippen LogP contribution in [0.4, 0.5) is 11.8 Å². The van der Waals surface area contributed by atoms with E-state index in [2.05, 4.69) is 22.6 Å². The molecule has 1 aromatic heterocycles. The summed E-state index contributed by atoms with van der Waals surface area (Å²) in [6.07, 6.45) is 4.09. The molecule has 0 aliphatic rings. The van der Waals surface area contributed by atoms with Gasteiger partial charge in [0.25, 0.3) is 0 Å². The predicted molar refractivity (Wildman–Crippen MR) is 95.1 cm³/mol. The van der Waals surface area contributed by atoms with E-state index in [1.165, 1.54) is 0 Å². The lowest BCUT2D eigenvalue weighted by atomic mass is 10.2. The summed E-state index contributed by atoms with van der Waals surface area (Å²) in [6.45, 7) is 3.72. The lowest BCUT2D eigenvalue weighted by Crippen LogP contribution is -2.10. The largest absolute Gasteiger partial charge is 0.423 e. The van der Waals surface area contributed by atoms with Crippen LogP contribution in [0.1, 0.15) is 20.3 Å². The van der Waals surface area contributed by atoms with Crippen molar-refractivity contribution in [2.45, 2.75) is 20.3 Å². The van der Waals surface area contributed by atoms with E-state index in [0.717, 1.165) is 11.3 Å². The molecule has 0 aliphatic carbocycles. The molecule has 1 heterocycles. The molecule has 23 heavy (non-hydrogen) atoms. The molecular formula is C16H18N4O2S. The molecule has 0 aliphatic heterocycles. The Kier molecular flexibility index (Phi) is 5.23. The molecular weight excluding hydrogens is 312 g/mol. The molecule has 7 heteroatoms. The summed E-state index contributed by atoms with van der Waals surface area (Å²) in [4.78, 5) is 21.0. The number of aromatic nitrogens is 2. The van der Waals surface area contributed by atoms with Gasteiger partial charge in [-0.05, 0) is 42.5 Å². The van der Waals surface area contributed by atoms with Crippen LogP contribution in [0.2, 0.25) is 0 Å². The first-order chi connectivity index (χ1) is 10.9. The minimum absolute atomic E-state index is 0.0990. The highest BCUT2D eigenvalue weighted by atomic mass is 32.1. The Labute approximate surface area is 139 Å². The Bertz CT molecular complexity index is 815. The molecule has 0 atom stereocenters. The van der Waals surface area contributed by atoms with Crippen molar-refractivity contribution in [1.82, 2.24) is 9.97 Å². The van der Waals surface area contributed by atoms with Gasteiger partial charge in [-0.3, -0.25) is 0 Å². The second kappa shape index (κ2) is 7.15. The second-order valence-electron chi connectivity index (χ2n) is 4.77. The smallest absolute Gasteiger partial charge is 0.343 e. The van der Waals surface area contributed by atoms with E-state index in [0.29, 0.717) is 22.2 Å². The third-order valence-electron chi connectivity index (χ3n) is 3.16. The molecule has 6 nitrogen and oxygen atoms in total. The van der Waals surface area contributed by atoms with Crippen LogP contribution in [0.3, 0.4) is 0 Å². The number of nitrogen functional groups attached to an aromatic ring is 2. The normalized spacial score (nSPS) is 12.5. The van der Waals surface area contributed by atoms with Crippen LogP contribution in [0.25, 0.3) is 10.9 Å². The van der Waals surface area contributed by atoms with E-state index in [1.807, 2.05) is 6.92 Å². The molecule has 2 aromatic rings. The van der Waals surface area contributed by atoms with Crippen molar-refractivity contribution in [3.05, 3.63) is 40.8 Å². The van der Waals surface area contributed by atoms with Crippen LogP contribution in [0.15, 0.2) is 40.8 Å². The zero-order valence-electron chi connectivity index (χ0n) is 12.9. The molecule has 0 unspecified atom stereocenters. The highest BCUT2D eigenvalue weighted by Crippen LogP contribution is 2.24. The topological polar surface area (TPSA) is 104 Å². The van der Waals surface area contributed by atoms with Gasteiger partial charge < -0.3 is 16.2 Å². The zero-order valence-corrected chi connectivity index (χ0v) is 13.8. The minimum Gasteiger partial charge on any atom is -0.423 e. The number of hydrogen-bond acceptors (Lipinski definition) is 7. The molecule has 0 amide bonds. The number of hydrogen-bond donors (Lipinski definition) is 3.